The van der Waals surface area contributed by atoms with Crippen LogP contribution in [0, 0.1) is 21.7 Å². The Morgan fingerprint density at radius 2 is 1.95 bits per heavy atom. The van der Waals surface area contributed by atoms with E-state index < -0.39 is 46.0 Å². The number of aliphatic hydroxyl groups excluding tert-OH is 2. The van der Waals surface area contributed by atoms with Gasteiger partial charge in [-0.15, -0.1) is 0 Å². The number of hydrogen-bond donors (Lipinski definition) is 2. The number of methoxy groups -OCH3 is 1. The average molecular weight is 277 g/mol. The van der Waals surface area contributed by atoms with Crippen molar-refractivity contribution in [3.8, 4) is 0 Å². The summed E-state index contributed by atoms with van der Waals surface area (Å²) in [4.78, 5) is 20.2. The molecule has 2 unspecified atom stereocenters. The maximum Gasteiger partial charge on any atom is 0.337 e. The van der Waals surface area contributed by atoms with Crippen LogP contribution in [0.4, 0.5) is 14.5 Å². The molecule has 0 radical (unpaired) electrons. The Balaban J connectivity index is 3.18. The van der Waals surface area contributed by atoms with Gasteiger partial charge in [0.15, 0.2) is 6.10 Å². The van der Waals surface area contributed by atoms with Gasteiger partial charge in [0.25, 0.3) is 0 Å². The number of nitrogens with zero attached hydrogens (tertiary/aromatic N) is 1. The summed E-state index contributed by atoms with van der Waals surface area (Å²) in [6.45, 7) is 0. The van der Waals surface area contributed by atoms with Crippen LogP contribution in [-0.2, 0) is 9.53 Å². The van der Waals surface area contributed by atoms with E-state index in [0.29, 0.717) is 6.07 Å². The summed E-state index contributed by atoms with van der Waals surface area (Å²) >= 11 is 0. The summed E-state index contributed by atoms with van der Waals surface area (Å²) < 4.78 is 30.9. The highest BCUT2D eigenvalue weighted by atomic mass is 19.1. The summed E-state index contributed by atoms with van der Waals surface area (Å²) in [7, 11) is 0.922. The molecule has 1 rings (SSSR count). The van der Waals surface area contributed by atoms with Crippen LogP contribution in [0.15, 0.2) is 12.1 Å². The van der Waals surface area contributed by atoms with E-state index in [1.54, 1.807) is 0 Å². The highest BCUT2D eigenvalue weighted by Crippen LogP contribution is 2.27. The third kappa shape index (κ3) is 3.01. The number of hydrogen-bond acceptors (Lipinski definition) is 6. The van der Waals surface area contributed by atoms with Crippen molar-refractivity contribution in [2.75, 3.05) is 7.11 Å². The molecule has 0 spiro atoms. The lowest BCUT2D eigenvalue weighted by atomic mass is 10.0. The number of aliphatic hydroxyl groups is 2. The van der Waals surface area contributed by atoms with E-state index in [0.717, 1.165) is 7.11 Å². The maximum atomic E-state index is 13.5. The molecule has 0 fully saturated rings. The Morgan fingerprint density at radius 1 is 1.37 bits per heavy atom. The van der Waals surface area contributed by atoms with Crippen molar-refractivity contribution in [1.82, 2.24) is 0 Å². The molecule has 0 bridgehead atoms. The molecule has 0 aliphatic heterocycles. The molecule has 0 amide bonds. The summed E-state index contributed by atoms with van der Waals surface area (Å²) in [5.74, 6) is -3.99. The molecule has 0 aliphatic rings. The number of nitro groups is 1. The van der Waals surface area contributed by atoms with Crippen molar-refractivity contribution < 1.29 is 33.4 Å². The van der Waals surface area contributed by atoms with Crippen molar-refractivity contribution in [2.24, 2.45) is 0 Å². The topological polar surface area (TPSA) is 110 Å². The second-order valence-electron chi connectivity index (χ2n) is 3.50. The van der Waals surface area contributed by atoms with Crippen molar-refractivity contribution in [1.29, 1.82) is 0 Å². The van der Waals surface area contributed by atoms with E-state index in [2.05, 4.69) is 4.74 Å². The highest BCUT2D eigenvalue weighted by molar-refractivity contribution is 5.75. The first-order valence-electron chi connectivity index (χ1n) is 4.86. The van der Waals surface area contributed by atoms with Crippen LogP contribution in [0.1, 0.15) is 11.7 Å². The van der Waals surface area contributed by atoms with Crippen LogP contribution in [0.3, 0.4) is 0 Å². The van der Waals surface area contributed by atoms with Gasteiger partial charge in [0, 0.05) is 5.56 Å². The number of esters is 1. The van der Waals surface area contributed by atoms with Crippen LogP contribution in [0.2, 0.25) is 0 Å². The van der Waals surface area contributed by atoms with Gasteiger partial charge in [0.2, 0.25) is 5.82 Å². The molecule has 9 heteroatoms. The van der Waals surface area contributed by atoms with Crippen molar-refractivity contribution in [2.45, 2.75) is 12.2 Å². The fourth-order valence-corrected chi connectivity index (χ4v) is 1.34. The van der Waals surface area contributed by atoms with Crippen LogP contribution in [0.5, 0.6) is 0 Å². The Morgan fingerprint density at radius 3 is 2.42 bits per heavy atom. The minimum Gasteiger partial charge on any atom is -0.467 e. The van der Waals surface area contributed by atoms with Gasteiger partial charge in [0.05, 0.1) is 18.1 Å². The lowest BCUT2D eigenvalue weighted by Crippen LogP contribution is -2.29. The number of carbonyl (C=O) groups excluding carboxylic acids is 1. The SMILES string of the molecule is COC(=O)C(O)C(O)c1cc(F)c([N+](=O)[O-])cc1F. The molecule has 0 saturated carbocycles. The van der Waals surface area contributed by atoms with E-state index in [1.165, 1.54) is 0 Å². The van der Waals surface area contributed by atoms with Gasteiger partial charge >= 0.3 is 11.7 Å². The van der Waals surface area contributed by atoms with Gasteiger partial charge < -0.3 is 14.9 Å². The zero-order valence-corrected chi connectivity index (χ0v) is 9.54. The van der Waals surface area contributed by atoms with Gasteiger partial charge in [0.1, 0.15) is 11.9 Å². The van der Waals surface area contributed by atoms with Crippen molar-refractivity contribution >= 4 is 11.7 Å². The van der Waals surface area contributed by atoms with Gasteiger partial charge in [-0.2, -0.15) is 4.39 Å². The zero-order chi connectivity index (χ0) is 14.7. The van der Waals surface area contributed by atoms with Gasteiger partial charge in [-0.25, -0.2) is 9.18 Å². The fraction of sp³-hybridized carbons (Fsp3) is 0.300. The number of ether oxygens (including phenoxy) is 1. The summed E-state index contributed by atoms with van der Waals surface area (Å²) in [5, 5.41) is 29.1. The lowest BCUT2D eigenvalue weighted by molar-refractivity contribution is -0.387. The van der Waals surface area contributed by atoms with Crippen LogP contribution >= 0.6 is 0 Å². The Hall–Kier alpha value is -2.13. The van der Waals surface area contributed by atoms with E-state index in [4.69, 9.17) is 0 Å². The molecule has 19 heavy (non-hydrogen) atoms. The quantitative estimate of drug-likeness (QED) is 0.469. The first-order chi connectivity index (χ1) is 8.79. The number of benzene rings is 1. The number of halogens is 2. The minimum atomic E-state index is -2.14. The smallest absolute Gasteiger partial charge is 0.337 e. The molecule has 104 valence electrons. The predicted molar refractivity (Wildman–Crippen MR) is 56.0 cm³/mol. The molecule has 1 aromatic rings. The Kier molecular flexibility index (Phi) is 4.46. The molecule has 0 heterocycles. The number of carbonyl (C=O) groups is 1. The number of nitro benzene ring substituents is 1. The average Bonchev–Trinajstić information content (AvgIpc) is 2.37. The standard InChI is InChI=1S/C10H9F2NO6/c1-19-10(16)9(15)8(14)4-2-6(12)7(13(17)18)3-5(4)11/h2-3,8-9,14-15H,1H3. The fourth-order valence-electron chi connectivity index (χ4n) is 1.34. The lowest BCUT2D eigenvalue weighted by Gasteiger charge is -2.16. The molecule has 2 atom stereocenters. The summed E-state index contributed by atoms with van der Waals surface area (Å²) in [6.07, 6.45) is -4.25. The Labute approximate surface area is 105 Å². The van der Waals surface area contributed by atoms with Gasteiger partial charge in [-0.3, -0.25) is 10.1 Å². The van der Waals surface area contributed by atoms with E-state index in [1.807, 2.05) is 0 Å². The Bertz CT molecular complexity index is 521. The van der Waals surface area contributed by atoms with Crippen LogP contribution < -0.4 is 0 Å². The van der Waals surface area contributed by atoms with Gasteiger partial charge in [-0.1, -0.05) is 0 Å². The van der Waals surface area contributed by atoms with E-state index in [9.17, 15) is 33.9 Å². The van der Waals surface area contributed by atoms with Crippen molar-refractivity contribution in [3.63, 3.8) is 0 Å². The largest absolute Gasteiger partial charge is 0.467 e. The summed E-state index contributed by atoms with van der Waals surface area (Å²) in [6, 6.07) is 0.585. The molecular weight excluding hydrogens is 268 g/mol. The second-order valence-corrected chi connectivity index (χ2v) is 3.50. The molecule has 2 N–H and O–H groups in total. The monoisotopic (exact) mass is 277 g/mol. The van der Waals surface area contributed by atoms with Crippen LogP contribution in [0.25, 0.3) is 0 Å². The zero-order valence-electron chi connectivity index (χ0n) is 9.54. The summed E-state index contributed by atoms with van der Waals surface area (Å²) in [5.41, 5.74) is -1.91. The molecule has 0 aliphatic carbocycles. The minimum absolute atomic E-state index is 0.248. The van der Waals surface area contributed by atoms with Gasteiger partial charge in [-0.05, 0) is 6.07 Å². The third-order valence-corrected chi connectivity index (χ3v) is 2.32. The third-order valence-electron chi connectivity index (χ3n) is 2.32. The highest BCUT2D eigenvalue weighted by Gasteiger charge is 2.31. The molecule has 0 aromatic heterocycles. The second kappa shape index (κ2) is 5.67. The van der Waals surface area contributed by atoms with Crippen LogP contribution in [-0.4, -0.2) is 34.3 Å². The van der Waals surface area contributed by atoms with Crippen molar-refractivity contribution in [3.05, 3.63) is 39.4 Å². The first kappa shape index (κ1) is 14.9. The van der Waals surface area contributed by atoms with E-state index >= 15 is 0 Å². The normalized spacial score (nSPS) is 13.7. The first-order valence-corrected chi connectivity index (χ1v) is 4.86. The molecular formula is C10H9F2NO6. The maximum absolute atomic E-state index is 13.5. The molecule has 1 aromatic carbocycles. The van der Waals surface area contributed by atoms with E-state index in [-0.39, 0.29) is 6.07 Å². The predicted octanol–water partition coefficient (Wildman–Crippen LogP) is 0.440. The number of rotatable bonds is 4. The molecule has 7 nitrogen and oxygen atoms in total. The molecule has 0 saturated heterocycles.